The van der Waals surface area contributed by atoms with Crippen LogP contribution in [0.3, 0.4) is 0 Å². The number of halogens is 2. The Bertz CT molecular complexity index is 1700. The number of fused-ring (bicyclic) bond motifs is 5. The summed E-state index contributed by atoms with van der Waals surface area (Å²) in [7, 11) is 2.23. The van der Waals surface area contributed by atoms with Crippen LogP contribution in [0.2, 0.25) is 0 Å². The number of nitrogens with zero attached hydrogens (tertiary/aromatic N) is 6. The lowest BCUT2D eigenvalue weighted by Gasteiger charge is -2.40. The fourth-order valence-corrected chi connectivity index (χ4v) is 7.89. The number of anilines is 1. The van der Waals surface area contributed by atoms with E-state index in [1.54, 1.807) is 0 Å². The lowest BCUT2D eigenvalue weighted by Crippen LogP contribution is -2.52. The van der Waals surface area contributed by atoms with Crippen molar-refractivity contribution in [3.63, 3.8) is 0 Å². The Hall–Kier alpha value is -2.42. The van der Waals surface area contributed by atoms with Crippen LogP contribution in [0, 0.1) is 19.7 Å². The van der Waals surface area contributed by atoms with Crippen LogP contribution in [-0.4, -0.2) is 56.6 Å². The van der Waals surface area contributed by atoms with Crippen LogP contribution in [0.5, 0.6) is 0 Å². The highest BCUT2D eigenvalue weighted by Crippen LogP contribution is 2.42. The van der Waals surface area contributed by atoms with Gasteiger partial charge in [0.2, 0.25) is 0 Å². The Morgan fingerprint density at radius 1 is 1.03 bits per heavy atom. The van der Waals surface area contributed by atoms with Gasteiger partial charge in [-0.05, 0) is 78.2 Å². The maximum atomic E-state index is 16.8. The Kier molecular flexibility index (Phi) is 5.64. The third kappa shape index (κ3) is 3.52. The van der Waals surface area contributed by atoms with Crippen LogP contribution in [0.1, 0.15) is 24.1 Å². The molecule has 3 aromatic heterocycles. The van der Waals surface area contributed by atoms with Gasteiger partial charge in [0.1, 0.15) is 11.5 Å². The monoisotopic (exact) mass is 624 g/mol. The zero-order valence-electron chi connectivity index (χ0n) is 21.0. The van der Waals surface area contributed by atoms with E-state index >= 15 is 4.39 Å². The lowest BCUT2D eigenvalue weighted by atomic mass is 9.95. The van der Waals surface area contributed by atoms with Crippen LogP contribution in [0.25, 0.3) is 43.7 Å². The van der Waals surface area contributed by atoms with E-state index in [0.29, 0.717) is 29.5 Å². The molecule has 5 aromatic rings. The molecule has 9 heteroatoms. The fraction of sp³-hybridized carbons (Fsp3) is 0.321. The third-order valence-corrected chi connectivity index (χ3v) is 10.4. The van der Waals surface area contributed by atoms with Crippen molar-refractivity contribution in [3.8, 4) is 11.3 Å². The standard InChI is InChI=1S/C28H27FIN6P/c1-15-16(2)33-28(35-13-18-8-9-19(14-35)34(18)3)22-11-31-27(26(29)24(15)22)25-20-7-5-4-6-17(20)10-23-21(25)12-32-36(23)37-30/h4-7,10-12,18-19,37H,8-9,13-14H2,1-3H3. The molecule has 2 fully saturated rings. The van der Waals surface area contributed by atoms with Crippen LogP contribution in [0.4, 0.5) is 10.2 Å². The molecule has 3 atom stereocenters. The summed E-state index contributed by atoms with van der Waals surface area (Å²) in [6.07, 6.45) is 6.57. The molecule has 0 N–H and O–H groups in total. The summed E-state index contributed by atoms with van der Waals surface area (Å²) < 4.78 is 18.7. The third-order valence-electron chi connectivity index (χ3n) is 8.51. The first-order valence-electron chi connectivity index (χ1n) is 12.6. The van der Waals surface area contributed by atoms with Gasteiger partial charge >= 0.3 is 0 Å². The lowest BCUT2D eigenvalue weighted by molar-refractivity contribution is 0.212. The van der Waals surface area contributed by atoms with E-state index in [0.717, 1.165) is 62.8 Å². The van der Waals surface area contributed by atoms with Gasteiger partial charge < -0.3 is 4.90 Å². The fourth-order valence-electron chi connectivity index (χ4n) is 6.36. The summed E-state index contributed by atoms with van der Waals surface area (Å²) in [6.45, 7) is 5.80. The second-order valence-electron chi connectivity index (χ2n) is 10.4. The van der Waals surface area contributed by atoms with Crippen molar-refractivity contribution in [1.82, 2.24) is 24.4 Å². The van der Waals surface area contributed by atoms with Crippen molar-refractivity contribution in [3.05, 3.63) is 59.8 Å². The van der Waals surface area contributed by atoms with Crippen molar-refractivity contribution < 1.29 is 4.39 Å². The van der Waals surface area contributed by atoms with E-state index in [-0.39, 0.29) is 5.82 Å². The van der Waals surface area contributed by atoms with Gasteiger partial charge in [-0.3, -0.25) is 9.88 Å². The molecule has 2 bridgehead atoms. The maximum Gasteiger partial charge on any atom is 0.157 e. The van der Waals surface area contributed by atoms with Crippen molar-refractivity contribution >= 4 is 66.7 Å². The maximum absolute atomic E-state index is 16.8. The molecule has 2 aromatic carbocycles. The predicted molar refractivity (Wildman–Crippen MR) is 160 cm³/mol. The molecule has 2 aliphatic heterocycles. The highest BCUT2D eigenvalue weighted by molar-refractivity contribution is 14.2. The first-order chi connectivity index (χ1) is 18.0. The summed E-state index contributed by atoms with van der Waals surface area (Å²) in [5.74, 6) is 0.587. The van der Waals surface area contributed by atoms with E-state index in [2.05, 4.69) is 62.2 Å². The van der Waals surface area contributed by atoms with Gasteiger partial charge in [-0.25, -0.2) is 13.8 Å². The molecular formula is C28H27FIN6P. The number of benzene rings is 2. The predicted octanol–water partition coefficient (Wildman–Crippen LogP) is 6.63. The van der Waals surface area contributed by atoms with E-state index in [9.17, 15) is 0 Å². The molecule has 0 amide bonds. The summed E-state index contributed by atoms with van der Waals surface area (Å²) in [4.78, 5) is 14.7. The summed E-state index contributed by atoms with van der Waals surface area (Å²) in [5, 5.41) is 8.99. The van der Waals surface area contributed by atoms with Crippen LogP contribution >= 0.6 is 28.4 Å². The molecule has 37 heavy (non-hydrogen) atoms. The molecular weight excluding hydrogens is 597 g/mol. The van der Waals surface area contributed by atoms with Gasteiger partial charge in [0.25, 0.3) is 0 Å². The zero-order valence-corrected chi connectivity index (χ0v) is 24.1. The van der Waals surface area contributed by atoms with E-state index in [1.807, 2.05) is 42.8 Å². The van der Waals surface area contributed by atoms with Crippen LogP contribution < -0.4 is 4.90 Å². The summed E-state index contributed by atoms with van der Waals surface area (Å²) in [5.41, 5.74) is 3.92. The first-order valence-corrected chi connectivity index (χ1v) is 16.7. The minimum absolute atomic E-state index is 0.277. The van der Waals surface area contributed by atoms with Gasteiger partial charge in [-0.2, -0.15) is 5.10 Å². The quantitative estimate of drug-likeness (QED) is 0.167. The molecule has 0 saturated carbocycles. The number of aryl methyl sites for hydroxylation is 2. The second kappa shape index (κ2) is 8.82. The number of likely N-dealkylation sites (N-methyl/N-ethyl adjacent to an activating group) is 1. The molecule has 0 spiro atoms. The molecule has 0 aliphatic carbocycles. The smallest absolute Gasteiger partial charge is 0.157 e. The van der Waals surface area contributed by atoms with Crippen molar-refractivity contribution in [2.45, 2.75) is 38.8 Å². The van der Waals surface area contributed by atoms with Crippen molar-refractivity contribution in [1.29, 1.82) is 0 Å². The molecule has 2 saturated heterocycles. The van der Waals surface area contributed by atoms with Gasteiger partial charge in [-0.1, -0.05) is 24.3 Å². The summed E-state index contributed by atoms with van der Waals surface area (Å²) >= 11 is 2.33. The topological polar surface area (TPSA) is 50.1 Å². The molecule has 0 radical (unpaired) electrons. The van der Waals surface area contributed by atoms with Crippen molar-refractivity contribution in [2.24, 2.45) is 0 Å². The van der Waals surface area contributed by atoms with Gasteiger partial charge in [-0.15, -0.1) is 0 Å². The number of aromatic nitrogens is 4. The van der Waals surface area contributed by atoms with E-state index in [4.69, 9.17) is 9.97 Å². The largest absolute Gasteiger partial charge is 0.353 e. The molecule has 7 rings (SSSR count). The normalized spacial score (nSPS) is 20.4. The van der Waals surface area contributed by atoms with E-state index in [1.165, 1.54) is 12.8 Å². The molecule has 3 unspecified atom stereocenters. The number of hydrogen-bond donors (Lipinski definition) is 0. The van der Waals surface area contributed by atoms with Crippen LogP contribution in [-0.2, 0) is 0 Å². The Labute approximate surface area is 229 Å². The van der Waals surface area contributed by atoms with E-state index < -0.39 is 0 Å². The van der Waals surface area contributed by atoms with Crippen molar-refractivity contribution in [2.75, 3.05) is 25.0 Å². The Morgan fingerprint density at radius 2 is 1.78 bits per heavy atom. The summed E-state index contributed by atoms with van der Waals surface area (Å²) in [6, 6.07) is 11.3. The second-order valence-corrected chi connectivity index (χ2v) is 12.4. The number of pyridine rings is 2. The number of hydrogen-bond acceptors (Lipinski definition) is 5. The molecule has 2 aliphatic rings. The average molecular weight is 624 g/mol. The highest BCUT2D eigenvalue weighted by atomic mass is 127. The number of rotatable bonds is 3. The van der Waals surface area contributed by atoms with Crippen LogP contribution in [0.15, 0.2) is 42.7 Å². The van der Waals surface area contributed by atoms with Gasteiger partial charge in [0.15, 0.2) is 5.82 Å². The Morgan fingerprint density at radius 3 is 2.54 bits per heavy atom. The SMILES string of the molecule is Cc1nc(N2CC3CCC(C2)N3C)c2cnc(-c3c4ccccc4cc4c3cnn4PI)c(F)c2c1C. The molecule has 188 valence electrons. The Balaban J connectivity index is 1.49. The molecule has 5 heterocycles. The number of piperazine rings is 1. The minimum atomic E-state index is -0.277. The minimum Gasteiger partial charge on any atom is -0.353 e. The zero-order chi connectivity index (χ0) is 25.4. The molecule has 6 nitrogen and oxygen atoms in total. The van der Waals surface area contributed by atoms with Gasteiger partial charge in [0.05, 0.1) is 18.1 Å². The van der Waals surface area contributed by atoms with Gasteiger partial charge in [0, 0.05) is 58.8 Å². The average Bonchev–Trinajstić information content (AvgIpc) is 3.38. The first kappa shape index (κ1) is 23.7. The highest BCUT2D eigenvalue weighted by Gasteiger charge is 2.38.